The van der Waals surface area contributed by atoms with Gasteiger partial charge in [0.1, 0.15) is 5.82 Å². The summed E-state index contributed by atoms with van der Waals surface area (Å²) in [6.07, 6.45) is 0.672. The molecule has 0 spiro atoms. The third-order valence-corrected chi connectivity index (χ3v) is 3.27. The molecule has 0 aliphatic heterocycles. The molecule has 1 unspecified atom stereocenters. The van der Waals surface area contributed by atoms with Crippen molar-refractivity contribution in [2.24, 2.45) is 5.84 Å². The molecule has 1 aromatic rings. The number of amides is 1. The summed E-state index contributed by atoms with van der Waals surface area (Å²) in [5.74, 6) is 4.56. The molecule has 0 aliphatic rings. The fourth-order valence-corrected chi connectivity index (χ4v) is 2.06. The number of hydrazine groups is 1. The van der Waals surface area contributed by atoms with Gasteiger partial charge in [-0.15, -0.1) is 11.8 Å². The van der Waals surface area contributed by atoms with Crippen molar-refractivity contribution in [1.29, 1.82) is 0 Å². The first-order valence-electron chi connectivity index (χ1n) is 4.60. The normalized spacial score (nSPS) is 12.2. The van der Waals surface area contributed by atoms with Crippen LogP contribution in [0.15, 0.2) is 29.2 Å². The standard InChI is InChI=1S/C10H13FN2OS/c1-2-9(10(14)13-12)15-8-5-3-7(11)4-6-8/h3-6,9H,2,12H2,1H3,(H,13,14). The molecular formula is C10H13FN2OS. The van der Waals surface area contributed by atoms with E-state index in [9.17, 15) is 9.18 Å². The molecule has 0 fully saturated rings. The Morgan fingerprint density at radius 3 is 2.60 bits per heavy atom. The Labute approximate surface area is 92.2 Å². The lowest BCUT2D eigenvalue weighted by Crippen LogP contribution is -2.37. The minimum Gasteiger partial charge on any atom is -0.293 e. The van der Waals surface area contributed by atoms with Gasteiger partial charge in [0.25, 0.3) is 0 Å². The highest BCUT2D eigenvalue weighted by molar-refractivity contribution is 8.00. The van der Waals surface area contributed by atoms with E-state index in [0.29, 0.717) is 6.42 Å². The van der Waals surface area contributed by atoms with Crippen molar-refractivity contribution < 1.29 is 9.18 Å². The number of benzene rings is 1. The summed E-state index contributed by atoms with van der Waals surface area (Å²) in [5, 5.41) is -0.236. The van der Waals surface area contributed by atoms with Gasteiger partial charge in [0.15, 0.2) is 0 Å². The Morgan fingerprint density at radius 2 is 2.13 bits per heavy atom. The summed E-state index contributed by atoms with van der Waals surface area (Å²) in [4.78, 5) is 12.1. The Hall–Kier alpha value is -1.07. The Balaban J connectivity index is 2.66. The molecule has 0 radical (unpaired) electrons. The summed E-state index contributed by atoms with van der Waals surface area (Å²) in [7, 11) is 0. The lowest BCUT2D eigenvalue weighted by Gasteiger charge is -2.12. The number of halogens is 1. The molecule has 0 aromatic heterocycles. The largest absolute Gasteiger partial charge is 0.293 e. The maximum atomic E-state index is 12.6. The lowest BCUT2D eigenvalue weighted by atomic mass is 10.3. The van der Waals surface area contributed by atoms with Crippen molar-refractivity contribution in [3.63, 3.8) is 0 Å². The molecule has 0 aliphatic carbocycles. The fraction of sp³-hybridized carbons (Fsp3) is 0.300. The molecule has 0 saturated carbocycles. The minimum absolute atomic E-state index is 0.216. The Bertz CT molecular complexity index is 329. The van der Waals surface area contributed by atoms with Gasteiger partial charge in [-0.3, -0.25) is 10.2 Å². The second-order valence-electron chi connectivity index (χ2n) is 2.98. The number of carbonyl (C=O) groups excluding carboxylic acids is 1. The number of carbonyl (C=O) groups is 1. The van der Waals surface area contributed by atoms with Gasteiger partial charge in [0, 0.05) is 4.90 Å². The van der Waals surface area contributed by atoms with Crippen LogP contribution in [0.2, 0.25) is 0 Å². The molecule has 0 bridgehead atoms. The number of hydrogen-bond donors (Lipinski definition) is 2. The van der Waals surface area contributed by atoms with Gasteiger partial charge in [-0.05, 0) is 30.7 Å². The Kier molecular flexibility index (Phi) is 4.58. The maximum Gasteiger partial charge on any atom is 0.247 e. The molecule has 5 heteroatoms. The molecule has 3 N–H and O–H groups in total. The molecule has 1 rings (SSSR count). The van der Waals surface area contributed by atoms with Gasteiger partial charge < -0.3 is 0 Å². The van der Waals surface area contributed by atoms with E-state index in [-0.39, 0.29) is 17.0 Å². The Morgan fingerprint density at radius 1 is 1.53 bits per heavy atom. The molecule has 1 atom stereocenters. The molecule has 3 nitrogen and oxygen atoms in total. The highest BCUT2D eigenvalue weighted by Crippen LogP contribution is 2.25. The van der Waals surface area contributed by atoms with Crippen molar-refractivity contribution in [2.75, 3.05) is 0 Å². The molecule has 0 saturated heterocycles. The number of rotatable bonds is 4. The van der Waals surface area contributed by atoms with Crippen LogP contribution in [0.3, 0.4) is 0 Å². The average Bonchev–Trinajstić information content (AvgIpc) is 2.27. The van der Waals surface area contributed by atoms with Crippen molar-refractivity contribution in [1.82, 2.24) is 5.43 Å². The van der Waals surface area contributed by atoms with Crippen LogP contribution < -0.4 is 11.3 Å². The quantitative estimate of drug-likeness (QED) is 0.357. The summed E-state index contributed by atoms with van der Waals surface area (Å²) >= 11 is 1.37. The van der Waals surface area contributed by atoms with Crippen LogP contribution in [-0.2, 0) is 4.79 Å². The summed E-state index contributed by atoms with van der Waals surface area (Å²) in [5.41, 5.74) is 2.11. The van der Waals surface area contributed by atoms with Crippen molar-refractivity contribution in [2.45, 2.75) is 23.5 Å². The van der Waals surface area contributed by atoms with E-state index >= 15 is 0 Å². The SMILES string of the molecule is CCC(Sc1ccc(F)cc1)C(=O)NN. The van der Waals surface area contributed by atoms with E-state index in [4.69, 9.17) is 5.84 Å². The monoisotopic (exact) mass is 228 g/mol. The van der Waals surface area contributed by atoms with E-state index in [1.807, 2.05) is 6.92 Å². The van der Waals surface area contributed by atoms with Crippen LogP contribution in [0.4, 0.5) is 4.39 Å². The highest BCUT2D eigenvalue weighted by Gasteiger charge is 2.16. The van der Waals surface area contributed by atoms with Gasteiger partial charge in [-0.25, -0.2) is 10.2 Å². The minimum atomic E-state index is -0.282. The van der Waals surface area contributed by atoms with E-state index in [1.54, 1.807) is 12.1 Å². The van der Waals surface area contributed by atoms with E-state index in [0.717, 1.165) is 4.90 Å². The first-order valence-corrected chi connectivity index (χ1v) is 5.48. The fourth-order valence-electron chi connectivity index (χ4n) is 1.09. The van der Waals surface area contributed by atoms with Crippen LogP contribution >= 0.6 is 11.8 Å². The second kappa shape index (κ2) is 5.72. The van der Waals surface area contributed by atoms with Gasteiger partial charge in [-0.1, -0.05) is 6.92 Å². The topological polar surface area (TPSA) is 55.1 Å². The van der Waals surface area contributed by atoms with Crippen LogP contribution in [0.1, 0.15) is 13.3 Å². The zero-order chi connectivity index (χ0) is 11.3. The second-order valence-corrected chi connectivity index (χ2v) is 4.25. The number of thioether (sulfide) groups is 1. The molecule has 82 valence electrons. The van der Waals surface area contributed by atoms with Gasteiger partial charge in [0.05, 0.1) is 5.25 Å². The highest BCUT2D eigenvalue weighted by atomic mass is 32.2. The van der Waals surface area contributed by atoms with Crippen molar-refractivity contribution >= 4 is 17.7 Å². The predicted octanol–water partition coefficient (Wildman–Crippen LogP) is 1.69. The molecule has 1 amide bonds. The van der Waals surface area contributed by atoms with Crippen LogP contribution in [0.5, 0.6) is 0 Å². The van der Waals surface area contributed by atoms with Crippen molar-refractivity contribution in [3.8, 4) is 0 Å². The molecular weight excluding hydrogens is 215 g/mol. The van der Waals surface area contributed by atoms with E-state index in [2.05, 4.69) is 5.43 Å². The zero-order valence-electron chi connectivity index (χ0n) is 8.37. The lowest BCUT2D eigenvalue weighted by molar-refractivity contribution is -0.120. The van der Waals surface area contributed by atoms with Gasteiger partial charge >= 0.3 is 0 Å². The van der Waals surface area contributed by atoms with Gasteiger partial charge in [-0.2, -0.15) is 0 Å². The molecule has 15 heavy (non-hydrogen) atoms. The van der Waals surface area contributed by atoms with Gasteiger partial charge in [0.2, 0.25) is 5.91 Å². The van der Waals surface area contributed by atoms with E-state index in [1.165, 1.54) is 23.9 Å². The summed E-state index contributed by atoms with van der Waals surface area (Å²) in [6.45, 7) is 1.90. The maximum absolute atomic E-state index is 12.6. The van der Waals surface area contributed by atoms with Crippen LogP contribution in [-0.4, -0.2) is 11.2 Å². The summed E-state index contributed by atoms with van der Waals surface area (Å²) in [6, 6.07) is 6.03. The van der Waals surface area contributed by atoms with Crippen LogP contribution in [0, 0.1) is 5.82 Å². The third-order valence-electron chi connectivity index (χ3n) is 1.90. The average molecular weight is 228 g/mol. The smallest absolute Gasteiger partial charge is 0.247 e. The number of nitrogens with two attached hydrogens (primary N) is 1. The van der Waals surface area contributed by atoms with Crippen LogP contribution in [0.25, 0.3) is 0 Å². The summed E-state index contributed by atoms with van der Waals surface area (Å²) < 4.78 is 12.6. The zero-order valence-corrected chi connectivity index (χ0v) is 9.18. The van der Waals surface area contributed by atoms with E-state index < -0.39 is 0 Å². The number of nitrogens with one attached hydrogen (secondary N) is 1. The first-order chi connectivity index (χ1) is 7.17. The molecule has 0 heterocycles. The van der Waals surface area contributed by atoms with Crippen molar-refractivity contribution in [3.05, 3.63) is 30.1 Å². The number of hydrogen-bond acceptors (Lipinski definition) is 3. The molecule has 1 aromatic carbocycles. The third kappa shape index (κ3) is 3.53. The first kappa shape index (κ1) is 12.0. The predicted molar refractivity (Wildman–Crippen MR) is 58.7 cm³/mol.